The van der Waals surface area contributed by atoms with Gasteiger partial charge in [-0.05, 0) is 0 Å². The van der Waals surface area contributed by atoms with Gasteiger partial charge in [-0.15, -0.1) is 0 Å². The molecule has 0 spiro atoms. The van der Waals surface area contributed by atoms with Gasteiger partial charge in [0.15, 0.2) is 0 Å². The Balaban J connectivity index is 2.39. The molecule has 2 aliphatic rings. The van der Waals surface area contributed by atoms with Crippen LogP contribution in [0.15, 0.2) is 9.19 Å². The summed E-state index contributed by atoms with van der Waals surface area (Å²) in [5, 5.41) is 2.91. The van der Waals surface area contributed by atoms with Crippen molar-refractivity contribution in [1.29, 1.82) is 0 Å². The van der Waals surface area contributed by atoms with Gasteiger partial charge in [0.05, 0.1) is 0 Å². The number of nitrogens with one attached hydrogen (secondary N) is 1. The third kappa shape index (κ3) is 1.28. The number of amides is 1. The minimum atomic E-state index is -2.63. The molecular formula is C11H17NO2Te. The van der Waals surface area contributed by atoms with Crippen LogP contribution < -0.4 is 5.32 Å². The summed E-state index contributed by atoms with van der Waals surface area (Å²) in [7, 11) is 0. The number of allylic oxidation sites excluding steroid dienone is 1. The summed E-state index contributed by atoms with van der Waals surface area (Å²) in [5.74, 6) is 0.457. The van der Waals surface area contributed by atoms with E-state index in [0.29, 0.717) is 5.92 Å². The van der Waals surface area contributed by atoms with E-state index in [0.717, 1.165) is 15.6 Å². The molecular weight excluding hydrogens is 306 g/mol. The predicted octanol–water partition coefficient (Wildman–Crippen LogP) is 1.58. The number of rotatable bonds is 2. The van der Waals surface area contributed by atoms with E-state index >= 15 is 0 Å². The Morgan fingerprint density at radius 3 is 2.47 bits per heavy atom. The molecule has 0 aliphatic carbocycles. The summed E-state index contributed by atoms with van der Waals surface area (Å²) in [4.78, 5) is 11.8. The van der Waals surface area contributed by atoms with Crippen LogP contribution in [0.2, 0.25) is 3.46 Å². The van der Waals surface area contributed by atoms with Gasteiger partial charge in [-0.2, -0.15) is 0 Å². The molecule has 84 valence electrons. The number of fused-ring (bicyclic) bond motifs is 1. The molecule has 0 unspecified atom stereocenters. The molecule has 0 aromatic carbocycles. The number of hydrogen-bond acceptors (Lipinski definition) is 2. The molecule has 1 saturated heterocycles. The molecule has 2 atom stereocenters. The van der Waals surface area contributed by atoms with Gasteiger partial charge in [-0.25, -0.2) is 0 Å². The van der Waals surface area contributed by atoms with Crippen LogP contribution in [0.5, 0.6) is 0 Å². The first kappa shape index (κ1) is 11.3. The summed E-state index contributed by atoms with van der Waals surface area (Å²) in [6, 6.07) is 0.0847. The van der Waals surface area contributed by atoms with E-state index in [4.69, 9.17) is 0 Å². The Kier molecular flexibility index (Phi) is 2.56. The van der Waals surface area contributed by atoms with Gasteiger partial charge in [-0.3, -0.25) is 0 Å². The number of carbonyl (C=O) groups excluding carboxylic acids is 1. The molecule has 1 amide bonds. The van der Waals surface area contributed by atoms with E-state index in [-0.39, 0.29) is 11.9 Å². The molecule has 3 nitrogen and oxygen atoms in total. The molecule has 0 aromatic rings. The van der Waals surface area contributed by atoms with E-state index in [1.165, 1.54) is 0 Å². The quantitative estimate of drug-likeness (QED) is 0.620. The Morgan fingerprint density at radius 2 is 2.07 bits per heavy atom. The van der Waals surface area contributed by atoms with Gasteiger partial charge in [0.2, 0.25) is 0 Å². The fourth-order valence-electron chi connectivity index (χ4n) is 2.59. The molecule has 4 heteroatoms. The van der Waals surface area contributed by atoms with Crippen LogP contribution in [0.25, 0.3) is 0 Å². The zero-order chi connectivity index (χ0) is 11.4. The van der Waals surface area contributed by atoms with E-state index < -0.39 is 23.0 Å². The molecule has 2 rings (SSSR count). The molecule has 2 aliphatic heterocycles. The second kappa shape index (κ2) is 3.40. The fourth-order valence-corrected chi connectivity index (χ4v) is 8.63. The SMILES string of the molecule is CC1=C(C)[Te](=O)[C@@]2(CC(C)C)C(=O)N[C@@H]12. The average molecular weight is 323 g/mol. The second-order valence-electron chi connectivity index (χ2n) is 4.90. The first-order chi connectivity index (χ1) is 6.91. The van der Waals surface area contributed by atoms with Crippen LogP contribution in [-0.4, -0.2) is 31.5 Å². The Morgan fingerprint density at radius 1 is 1.47 bits per heavy atom. The summed E-state index contributed by atoms with van der Waals surface area (Å²) in [5.41, 5.74) is 1.15. The van der Waals surface area contributed by atoms with Crippen molar-refractivity contribution in [2.45, 2.75) is 43.6 Å². The molecule has 0 aromatic heterocycles. The Hall–Kier alpha value is -0.200. The van der Waals surface area contributed by atoms with Crippen molar-refractivity contribution in [1.82, 2.24) is 5.32 Å². The van der Waals surface area contributed by atoms with Gasteiger partial charge in [-0.1, -0.05) is 0 Å². The average Bonchev–Trinajstić information content (AvgIpc) is 2.29. The zero-order valence-corrected chi connectivity index (χ0v) is 11.9. The third-order valence-electron chi connectivity index (χ3n) is 3.43. The maximum atomic E-state index is 12.4. The molecule has 1 fully saturated rings. The van der Waals surface area contributed by atoms with Gasteiger partial charge in [0.25, 0.3) is 0 Å². The van der Waals surface area contributed by atoms with Crippen LogP contribution >= 0.6 is 0 Å². The summed E-state index contributed by atoms with van der Waals surface area (Å²) < 4.78 is 12.9. The topological polar surface area (TPSA) is 46.2 Å². The predicted molar refractivity (Wildman–Crippen MR) is 58.9 cm³/mol. The standard InChI is InChI=1S/C11H17NO2Te/c1-6(2)5-11-9(12-10(11)13)7(3)8(4)15(11)14/h6,9H,5H2,1-4H3,(H,12,13)/t9-,11+/m0/s1. The summed E-state index contributed by atoms with van der Waals surface area (Å²) in [6.07, 6.45) is 0.776. The molecule has 0 bridgehead atoms. The van der Waals surface area contributed by atoms with Crippen molar-refractivity contribution in [3.63, 3.8) is 0 Å². The van der Waals surface area contributed by atoms with Crippen molar-refractivity contribution in [2.24, 2.45) is 5.92 Å². The first-order valence-corrected chi connectivity index (χ1v) is 8.59. The van der Waals surface area contributed by atoms with Crippen LogP contribution in [0.1, 0.15) is 34.1 Å². The Labute approximate surface area is 97.3 Å². The fraction of sp³-hybridized carbons (Fsp3) is 0.727. The summed E-state index contributed by atoms with van der Waals surface area (Å²) >= 11 is -2.63. The molecule has 15 heavy (non-hydrogen) atoms. The van der Waals surface area contributed by atoms with E-state index in [9.17, 15) is 7.90 Å². The third-order valence-corrected chi connectivity index (χ3v) is 9.51. The number of hydrogen-bond donors (Lipinski definition) is 1. The van der Waals surface area contributed by atoms with Crippen molar-refractivity contribution in [2.75, 3.05) is 0 Å². The van der Waals surface area contributed by atoms with Crippen molar-refractivity contribution < 1.29 is 7.90 Å². The summed E-state index contributed by atoms with van der Waals surface area (Å²) in [6.45, 7) is 8.13. The first-order valence-electron chi connectivity index (χ1n) is 5.31. The van der Waals surface area contributed by atoms with E-state index in [1.54, 1.807) is 0 Å². The Bertz CT molecular complexity index is 386. The van der Waals surface area contributed by atoms with Gasteiger partial charge in [0.1, 0.15) is 0 Å². The van der Waals surface area contributed by atoms with Gasteiger partial charge < -0.3 is 0 Å². The maximum absolute atomic E-state index is 12.4. The van der Waals surface area contributed by atoms with Crippen molar-refractivity contribution >= 4 is 25.4 Å². The van der Waals surface area contributed by atoms with Crippen LogP contribution in [-0.2, 0) is 7.90 Å². The number of β-lactam (4-membered cyclic amide) rings is 1. The molecule has 1 N–H and O–H groups in total. The van der Waals surface area contributed by atoms with Crippen LogP contribution in [0.4, 0.5) is 0 Å². The van der Waals surface area contributed by atoms with Crippen molar-refractivity contribution in [3.05, 3.63) is 9.19 Å². The molecule has 2 heterocycles. The van der Waals surface area contributed by atoms with Gasteiger partial charge >= 0.3 is 97.4 Å². The van der Waals surface area contributed by atoms with Gasteiger partial charge in [0, 0.05) is 0 Å². The second-order valence-corrected chi connectivity index (χ2v) is 10.3. The monoisotopic (exact) mass is 325 g/mol. The number of carbonyl (C=O) groups is 1. The van der Waals surface area contributed by atoms with Crippen LogP contribution in [0.3, 0.4) is 0 Å². The van der Waals surface area contributed by atoms with E-state index in [2.05, 4.69) is 19.2 Å². The van der Waals surface area contributed by atoms with E-state index in [1.807, 2.05) is 13.8 Å². The zero-order valence-electron chi connectivity index (χ0n) is 9.59. The minimum absolute atomic E-state index is 0.0315. The normalized spacial score (nSPS) is 35.5. The van der Waals surface area contributed by atoms with Crippen molar-refractivity contribution in [3.8, 4) is 0 Å². The molecule has 0 radical (unpaired) electrons. The van der Waals surface area contributed by atoms with Crippen LogP contribution in [0, 0.1) is 5.92 Å². The molecule has 0 saturated carbocycles.